The van der Waals surface area contributed by atoms with Gasteiger partial charge in [0.25, 0.3) is 5.91 Å². The number of nitrogens with zero attached hydrogens (tertiary/aromatic N) is 2. The Morgan fingerprint density at radius 2 is 1.91 bits per heavy atom. The molecular weight excluding hydrogens is 451 g/mol. The minimum Gasteiger partial charge on any atom is -0.488 e. The number of hydrogen-bond acceptors (Lipinski definition) is 4. The summed E-state index contributed by atoms with van der Waals surface area (Å²) in [7, 11) is 0. The molecule has 0 N–H and O–H groups in total. The van der Waals surface area contributed by atoms with Crippen molar-refractivity contribution in [2.45, 2.75) is 32.7 Å². The maximum atomic E-state index is 14.1. The van der Waals surface area contributed by atoms with E-state index in [0.29, 0.717) is 18.7 Å². The highest BCUT2D eigenvalue weighted by Crippen LogP contribution is 2.34. The lowest BCUT2D eigenvalue weighted by Crippen LogP contribution is -2.48. The number of fused-ring (bicyclic) bond motifs is 1. The van der Waals surface area contributed by atoms with Gasteiger partial charge in [-0.3, -0.25) is 9.59 Å². The molecule has 178 valence electrons. The topological polar surface area (TPSA) is 49.9 Å². The van der Waals surface area contributed by atoms with E-state index < -0.39 is 5.82 Å². The average Bonchev–Trinajstić information content (AvgIpc) is 3.32. The van der Waals surface area contributed by atoms with Crippen molar-refractivity contribution in [1.82, 2.24) is 9.80 Å². The van der Waals surface area contributed by atoms with Crippen LogP contribution in [0.25, 0.3) is 0 Å². The molecule has 0 radical (unpaired) electrons. The van der Waals surface area contributed by atoms with Crippen LogP contribution in [0.3, 0.4) is 0 Å². The van der Waals surface area contributed by atoms with E-state index in [1.54, 1.807) is 51.5 Å². The van der Waals surface area contributed by atoms with Crippen molar-refractivity contribution in [2.75, 3.05) is 26.2 Å². The highest BCUT2D eigenvalue weighted by molar-refractivity contribution is 7.10. The Kier molecular flexibility index (Phi) is 7.63. The van der Waals surface area contributed by atoms with Crippen molar-refractivity contribution in [3.8, 4) is 5.75 Å². The second-order valence-corrected chi connectivity index (χ2v) is 9.49. The minimum atomic E-state index is -0.431. The first-order chi connectivity index (χ1) is 16.5. The first-order valence-electron chi connectivity index (χ1n) is 11.6. The van der Waals surface area contributed by atoms with E-state index >= 15 is 0 Å². The third-order valence-corrected chi connectivity index (χ3v) is 7.05. The van der Waals surface area contributed by atoms with E-state index in [4.69, 9.17) is 4.74 Å². The van der Waals surface area contributed by atoms with E-state index in [2.05, 4.69) is 0 Å². The summed E-state index contributed by atoms with van der Waals surface area (Å²) < 4.78 is 19.9. The zero-order chi connectivity index (χ0) is 24.1. The maximum absolute atomic E-state index is 14.1. The highest BCUT2D eigenvalue weighted by Gasteiger charge is 2.33. The molecule has 1 aliphatic heterocycles. The summed E-state index contributed by atoms with van der Waals surface area (Å²) in [5, 5.41) is 2.01. The summed E-state index contributed by atoms with van der Waals surface area (Å²) in [6.45, 7) is 5.14. The number of ether oxygens (including phenoxy) is 1. The van der Waals surface area contributed by atoms with Gasteiger partial charge in [0.1, 0.15) is 13.2 Å². The molecule has 0 saturated heterocycles. The van der Waals surface area contributed by atoms with Crippen LogP contribution < -0.4 is 4.74 Å². The summed E-state index contributed by atoms with van der Waals surface area (Å²) in [6.07, 6.45) is 1.51. The van der Waals surface area contributed by atoms with Crippen LogP contribution >= 0.6 is 11.3 Å². The molecule has 0 fully saturated rings. The van der Waals surface area contributed by atoms with Gasteiger partial charge in [0.05, 0.1) is 6.04 Å². The molecule has 0 spiro atoms. The van der Waals surface area contributed by atoms with Crippen LogP contribution in [0, 0.1) is 12.7 Å². The molecule has 1 atom stereocenters. The molecule has 0 bridgehead atoms. The number of thiophene rings is 1. The normalized spacial score (nSPS) is 15.0. The Morgan fingerprint density at radius 1 is 1.15 bits per heavy atom. The van der Waals surface area contributed by atoms with Gasteiger partial charge in [0.15, 0.2) is 11.6 Å². The van der Waals surface area contributed by atoms with E-state index in [-0.39, 0.29) is 36.8 Å². The van der Waals surface area contributed by atoms with Gasteiger partial charge in [-0.05, 0) is 61.0 Å². The third kappa shape index (κ3) is 5.30. The number of carbonyl (C=O) groups is 2. The lowest BCUT2D eigenvalue weighted by atomic mass is 10.00. The van der Waals surface area contributed by atoms with Crippen molar-refractivity contribution < 1.29 is 18.7 Å². The van der Waals surface area contributed by atoms with Gasteiger partial charge < -0.3 is 14.5 Å². The largest absolute Gasteiger partial charge is 0.488 e. The van der Waals surface area contributed by atoms with Crippen LogP contribution in [0.1, 0.15) is 45.7 Å². The molecule has 34 heavy (non-hydrogen) atoms. The van der Waals surface area contributed by atoms with Crippen LogP contribution in [0.15, 0.2) is 60.0 Å². The predicted molar refractivity (Wildman–Crippen MR) is 132 cm³/mol. The van der Waals surface area contributed by atoms with Gasteiger partial charge in [0.2, 0.25) is 5.91 Å². The van der Waals surface area contributed by atoms with Crippen molar-refractivity contribution in [2.24, 2.45) is 0 Å². The number of halogens is 1. The second-order valence-electron chi connectivity index (χ2n) is 8.49. The Bertz CT molecular complexity index is 1140. The molecule has 5 nitrogen and oxygen atoms in total. The first-order valence-corrected chi connectivity index (χ1v) is 12.4. The monoisotopic (exact) mass is 480 g/mol. The first kappa shape index (κ1) is 24.0. The lowest BCUT2D eigenvalue weighted by Gasteiger charge is -2.37. The Balaban J connectivity index is 1.52. The Labute approximate surface area is 203 Å². The van der Waals surface area contributed by atoms with Gasteiger partial charge in [-0.25, -0.2) is 4.39 Å². The van der Waals surface area contributed by atoms with Crippen LogP contribution in [0.5, 0.6) is 5.75 Å². The number of carbonyl (C=O) groups excluding carboxylic acids is 2. The molecule has 3 aromatic rings. The van der Waals surface area contributed by atoms with Gasteiger partial charge in [-0.15, -0.1) is 11.3 Å². The highest BCUT2D eigenvalue weighted by atomic mass is 32.1. The molecule has 0 aliphatic carbocycles. The van der Waals surface area contributed by atoms with E-state index in [1.165, 1.54) is 10.9 Å². The van der Waals surface area contributed by atoms with Crippen molar-refractivity contribution in [3.63, 3.8) is 0 Å². The molecule has 1 aromatic heterocycles. The summed E-state index contributed by atoms with van der Waals surface area (Å²) in [6, 6.07) is 15.4. The van der Waals surface area contributed by atoms with Crippen LogP contribution in [0.2, 0.25) is 0 Å². The standard InChI is InChI=1S/C27H29FN2O3S/c1-3-14-29(27(32)20-10-8-19(2)9-11-20)17-26(31)30-15-12-25-21(13-16-34-25)23(30)18-33-24-7-5-4-6-22(24)28/h4-11,13,16,23H,3,12,14-15,17-18H2,1-2H3. The van der Waals surface area contributed by atoms with Crippen LogP contribution in [-0.4, -0.2) is 47.9 Å². The SMILES string of the molecule is CCCN(CC(=O)N1CCc2sccc2C1COc1ccccc1F)C(=O)c1ccc(C)cc1. The lowest BCUT2D eigenvalue weighted by molar-refractivity contribution is -0.135. The summed E-state index contributed by atoms with van der Waals surface area (Å²) >= 11 is 1.66. The second kappa shape index (κ2) is 10.8. The molecule has 1 aliphatic rings. The zero-order valence-corrected chi connectivity index (χ0v) is 20.3. The Hall–Kier alpha value is -3.19. The number of hydrogen-bond donors (Lipinski definition) is 0. The molecule has 7 heteroatoms. The fraction of sp³-hybridized carbons (Fsp3) is 0.333. The summed E-state index contributed by atoms with van der Waals surface area (Å²) in [5.41, 5.74) is 2.69. The third-order valence-electron chi connectivity index (χ3n) is 6.05. The van der Waals surface area contributed by atoms with E-state index in [9.17, 15) is 14.0 Å². The van der Waals surface area contributed by atoms with Crippen molar-refractivity contribution >= 4 is 23.2 Å². The molecule has 2 amide bonds. The quantitative estimate of drug-likeness (QED) is 0.442. The molecule has 2 heterocycles. The molecule has 2 aromatic carbocycles. The summed E-state index contributed by atoms with van der Waals surface area (Å²) in [4.78, 5) is 31.3. The molecule has 0 saturated carbocycles. The number of aryl methyl sites for hydroxylation is 1. The zero-order valence-electron chi connectivity index (χ0n) is 19.5. The minimum absolute atomic E-state index is 0.00375. The maximum Gasteiger partial charge on any atom is 0.254 e. The van der Waals surface area contributed by atoms with E-state index in [1.807, 2.05) is 37.4 Å². The molecule has 1 unspecified atom stereocenters. The number of amides is 2. The summed E-state index contributed by atoms with van der Waals surface area (Å²) in [5.74, 6) is -0.547. The van der Waals surface area contributed by atoms with Crippen LogP contribution in [-0.2, 0) is 11.2 Å². The van der Waals surface area contributed by atoms with Gasteiger partial charge in [-0.2, -0.15) is 0 Å². The number of benzene rings is 2. The predicted octanol–water partition coefficient (Wildman–Crippen LogP) is 5.25. The van der Waals surface area contributed by atoms with Gasteiger partial charge in [0, 0.05) is 23.5 Å². The smallest absolute Gasteiger partial charge is 0.254 e. The van der Waals surface area contributed by atoms with Crippen molar-refractivity contribution in [1.29, 1.82) is 0 Å². The van der Waals surface area contributed by atoms with Crippen LogP contribution in [0.4, 0.5) is 4.39 Å². The van der Waals surface area contributed by atoms with E-state index in [0.717, 1.165) is 24.0 Å². The Morgan fingerprint density at radius 3 is 2.65 bits per heavy atom. The van der Waals surface area contributed by atoms with Gasteiger partial charge in [-0.1, -0.05) is 36.8 Å². The molecule has 4 rings (SSSR count). The fourth-order valence-corrected chi connectivity index (χ4v) is 5.19. The number of para-hydroxylation sites is 1. The number of rotatable bonds is 8. The average molecular weight is 481 g/mol. The van der Waals surface area contributed by atoms with Crippen molar-refractivity contribution in [3.05, 3.63) is 87.4 Å². The fourth-order valence-electron chi connectivity index (χ4n) is 4.26. The molecular formula is C27H29FN2O3S. The van der Waals surface area contributed by atoms with Gasteiger partial charge >= 0.3 is 0 Å².